The second-order valence-electron chi connectivity index (χ2n) is 5.97. The Morgan fingerprint density at radius 3 is 2.70 bits per heavy atom. The Kier molecular flexibility index (Phi) is 8.56. The van der Waals surface area contributed by atoms with Gasteiger partial charge in [0.25, 0.3) is 5.91 Å². The van der Waals surface area contributed by atoms with Gasteiger partial charge >= 0.3 is 0 Å². The zero-order chi connectivity index (χ0) is 21.3. The summed E-state index contributed by atoms with van der Waals surface area (Å²) < 4.78 is 6.78. The number of hydrogen-bond acceptors (Lipinski definition) is 8. The molecule has 0 radical (unpaired) electrons. The van der Waals surface area contributed by atoms with Crippen molar-refractivity contribution in [2.75, 3.05) is 12.9 Å². The number of carbonyl (C=O) groups excluding carboxylic acids is 1. The number of nitrogens with zero attached hydrogens (tertiary/aromatic N) is 3. The van der Waals surface area contributed by atoms with E-state index < -0.39 is 0 Å². The molecular formula is C20H19ClN4O2S3. The summed E-state index contributed by atoms with van der Waals surface area (Å²) in [6.07, 6.45) is 0. The summed E-state index contributed by atoms with van der Waals surface area (Å²) in [5.41, 5.74) is 5.20. The first-order chi connectivity index (χ1) is 14.5. The summed E-state index contributed by atoms with van der Waals surface area (Å²) in [7, 11) is 1.61. The van der Waals surface area contributed by atoms with Crippen LogP contribution in [0.4, 0.5) is 0 Å². The summed E-state index contributed by atoms with van der Waals surface area (Å²) in [4.78, 5) is 12.1. The molecule has 0 spiro atoms. The number of carbonyl (C=O) groups is 1. The van der Waals surface area contributed by atoms with Gasteiger partial charge in [0.1, 0.15) is 5.75 Å². The molecule has 30 heavy (non-hydrogen) atoms. The van der Waals surface area contributed by atoms with Crippen LogP contribution in [0.1, 0.15) is 18.1 Å². The highest BCUT2D eigenvalue weighted by Gasteiger charge is 2.10. The smallest absolute Gasteiger partial charge is 0.250 e. The maximum atomic E-state index is 12.1. The predicted molar refractivity (Wildman–Crippen MR) is 125 cm³/mol. The standard InChI is InChI=1S/C20H19ClN4O2S3/c1-13(14-7-5-8-16(10-14)27-2)22-23-18(26)12-29-20-25-24-19(30-20)28-11-15-6-3-4-9-17(15)21/h3-10H,11-12H2,1-2H3,(H,23,26)/b22-13-. The molecular weight excluding hydrogens is 460 g/mol. The molecule has 0 fully saturated rings. The molecule has 0 aliphatic heterocycles. The van der Waals surface area contributed by atoms with E-state index in [-0.39, 0.29) is 11.7 Å². The van der Waals surface area contributed by atoms with Crippen molar-refractivity contribution in [2.24, 2.45) is 5.10 Å². The van der Waals surface area contributed by atoms with Gasteiger partial charge in [-0.25, -0.2) is 5.43 Å². The summed E-state index contributed by atoms with van der Waals surface area (Å²) in [6, 6.07) is 15.2. The van der Waals surface area contributed by atoms with Gasteiger partial charge in [-0.1, -0.05) is 76.8 Å². The normalized spacial score (nSPS) is 11.4. The number of hydrogen-bond donors (Lipinski definition) is 1. The molecule has 10 heteroatoms. The number of hydrazone groups is 1. The van der Waals surface area contributed by atoms with Gasteiger partial charge in [0.15, 0.2) is 8.68 Å². The SMILES string of the molecule is COc1cccc(/C(C)=N\NC(=O)CSc2nnc(SCc3ccccc3Cl)s2)c1. The predicted octanol–water partition coefficient (Wildman–Crippen LogP) is 5.12. The molecule has 0 aliphatic carbocycles. The van der Waals surface area contributed by atoms with Gasteiger partial charge < -0.3 is 4.74 Å². The molecule has 0 atom stereocenters. The van der Waals surface area contributed by atoms with Crippen LogP contribution in [-0.2, 0) is 10.5 Å². The number of amides is 1. The van der Waals surface area contributed by atoms with Gasteiger partial charge in [0, 0.05) is 16.3 Å². The summed E-state index contributed by atoms with van der Waals surface area (Å²) in [5, 5.41) is 13.2. The first-order valence-electron chi connectivity index (χ1n) is 8.85. The Balaban J connectivity index is 1.46. The number of ether oxygens (including phenoxy) is 1. The van der Waals surface area contributed by atoms with Gasteiger partial charge in [-0.2, -0.15) is 5.10 Å². The lowest BCUT2D eigenvalue weighted by atomic mass is 10.1. The maximum absolute atomic E-state index is 12.1. The van der Waals surface area contributed by atoms with Crippen LogP contribution >= 0.6 is 46.5 Å². The Morgan fingerprint density at radius 1 is 1.17 bits per heavy atom. The zero-order valence-electron chi connectivity index (χ0n) is 16.3. The van der Waals surface area contributed by atoms with Crippen LogP contribution in [0.2, 0.25) is 5.02 Å². The van der Waals surface area contributed by atoms with Gasteiger partial charge in [-0.15, -0.1) is 10.2 Å². The molecule has 0 aliphatic rings. The Labute approximate surface area is 192 Å². The topological polar surface area (TPSA) is 76.5 Å². The largest absolute Gasteiger partial charge is 0.497 e. The minimum atomic E-state index is -0.206. The van der Waals surface area contributed by atoms with E-state index in [4.69, 9.17) is 16.3 Å². The first kappa shape index (κ1) is 22.6. The Morgan fingerprint density at radius 2 is 1.93 bits per heavy atom. The van der Waals surface area contributed by atoms with E-state index >= 15 is 0 Å². The van der Waals surface area contributed by atoms with Crippen molar-refractivity contribution in [2.45, 2.75) is 21.4 Å². The lowest BCUT2D eigenvalue weighted by molar-refractivity contribution is -0.118. The van der Waals surface area contributed by atoms with E-state index in [1.165, 1.54) is 23.1 Å². The molecule has 2 aromatic carbocycles. The summed E-state index contributed by atoms with van der Waals surface area (Å²) >= 11 is 10.5. The highest BCUT2D eigenvalue weighted by Crippen LogP contribution is 2.32. The van der Waals surface area contributed by atoms with Crippen molar-refractivity contribution in [3.8, 4) is 5.75 Å². The van der Waals surface area contributed by atoms with Crippen molar-refractivity contribution in [1.29, 1.82) is 0 Å². The molecule has 156 valence electrons. The number of thioether (sulfide) groups is 2. The van der Waals surface area contributed by atoms with E-state index in [0.29, 0.717) is 5.71 Å². The summed E-state index contributed by atoms with van der Waals surface area (Å²) in [5.74, 6) is 1.46. The molecule has 0 unspecified atom stereocenters. The lowest BCUT2D eigenvalue weighted by Gasteiger charge is -2.04. The van der Waals surface area contributed by atoms with Crippen LogP contribution < -0.4 is 10.2 Å². The molecule has 1 amide bonds. The Bertz CT molecular complexity index is 1040. The molecule has 3 aromatic rings. The number of methoxy groups -OCH3 is 1. The minimum Gasteiger partial charge on any atom is -0.497 e. The third-order valence-corrected chi connectivity index (χ3v) is 7.47. The van der Waals surface area contributed by atoms with Gasteiger partial charge in [0.05, 0.1) is 18.6 Å². The summed E-state index contributed by atoms with van der Waals surface area (Å²) in [6.45, 7) is 1.83. The van der Waals surface area contributed by atoms with Crippen LogP contribution in [0.5, 0.6) is 5.75 Å². The third kappa shape index (κ3) is 6.73. The van der Waals surface area contributed by atoms with E-state index in [9.17, 15) is 4.79 Å². The van der Waals surface area contributed by atoms with Gasteiger partial charge in [-0.05, 0) is 30.7 Å². The van der Waals surface area contributed by atoms with Crippen LogP contribution in [0.25, 0.3) is 0 Å². The molecule has 1 heterocycles. The minimum absolute atomic E-state index is 0.206. The monoisotopic (exact) mass is 478 g/mol. The van der Waals surface area contributed by atoms with Crippen molar-refractivity contribution >= 4 is 58.1 Å². The van der Waals surface area contributed by atoms with E-state index in [0.717, 1.165) is 36.3 Å². The third-order valence-electron chi connectivity index (χ3n) is 3.86. The first-order valence-corrected chi connectivity index (χ1v) is 12.0. The van der Waals surface area contributed by atoms with Gasteiger partial charge in [-0.3, -0.25) is 4.79 Å². The zero-order valence-corrected chi connectivity index (χ0v) is 19.5. The average molecular weight is 479 g/mol. The van der Waals surface area contributed by atoms with Gasteiger partial charge in [0.2, 0.25) is 0 Å². The molecule has 6 nitrogen and oxygen atoms in total. The molecule has 1 N–H and O–H groups in total. The van der Waals surface area contributed by atoms with Crippen LogP contribution in [0.3, 0.4) is 0 Å². The van der Waals surface area contributed by atoms with Crippen LogP contribution in [0, 0.1) is 0 Å². The van der Waals surface area contributed by atoms with Crippen LogP contribution in [-0.4, -0.2) is 34.7 Å². The van der Waals surface area contributed by atoms with E-state index in [2.05, 4.69) is 20.7 Å². The molecule has 1 aromatic heterocycles. The fourth-order valence-electron chi connectivity index (χ4n) is 2.29. The fraction of sp³-hybridized carbons (Fsp3) is 0.200. The number of nitrogens with one attached hydrogen (secondary N) is 1. The highest BCUT2D eigenvalue weighted by molar-refractivity contribution is 8.03. The fourth-order valence-corrected chi connectivity index (χ4v) is 5.39. The average Bonchev–Trinajstić information content (AvgIpc) is 3.23. The maximum Gasteiger partial charge on any atom is 0.250 e. The number of benzene rings is 2. The lowest BCUT2D eigenvalue weighted by Crippen LogP contribution is -2.21. The molecule has 0 saturated heterocycles. The number of halogens is 1. The number of rotatable bonds is 9. The Hall–Kier alpha value is -2.07. The second kappa shape index (κ2) is 11.4. The quantitative estimate of drug-likeness (QED) is 0.261. The number of aromatic nitrogens is 2. The van der Waals surface area contributed by atoms with Crippen molar-refractivity contribution in [3.05, 3.63) is 64.7 Å². The highest BCUT2D eigenvalue weighted by atomic mass is 35.5. The van der Waals surface area contributed by atoms with Crippen molar-refractivity contribution in [1.82, 2.24) is 15.6 Å². The molecule has 0 saturated carbocycles. The van der Waals surface area contributed by atoms with Crippen molar-refractivity contribution < 1.29 is 9.53 Å². The van der Waals surface area contributed by atoms with Crippen molar-refractivity contribution in [3.63, 3.8) is 0 Å². The second-order valence-corrected chi connectivity index (χ2v) is 9.80. The van der Waals surface area contributed by atoms with E-state index in [1.54, 1.807) is 18.9 Å². The molecule has 3 rings (SSSR count). The van der Waals surface area contributed by atoms with E-state index in [1.807, 2.05) is 55.5 Å². The molecule has 0 bridgehead atoms. The van der Waals surface area contributed by atoms with Crippen LogP contribution in [0.15, 0.2) is 62.3 Å².